The average Bonchev–Trinajstić information content (AvgIpc) is 2.10. The Morgan fingerprint density at radius 2 is 1.86 bits per heavy atom. The zero-order chi connectivity index (χ0) is 11.4. The zero-order valence-corrected chi connectivity index (χ0v) is 8.94. The molecule has 0 aliphatic rings. The smallest absolute Gasteiger partial charge is 0.0978 e. The summed E-state index contributed by atoms with van der Waals surface area (Å²) in [6.45, 7) is 4.37. The first-order valence-electron chi connectivity index (χ1n) is 4.65. The lowest BCUT2D eigenvalue weighted by Crippen LogP contribution is -2.35. The van der Waals surface area contributed by atoms with Crippen molar-refractivity contribution in [1.82, 2.24) is 0 Å². The Hall–Kier alpha value is -0.420. The molecule has 0 fully saturated rings. The van der Waals surface area contributed by atoms with E-state index >= 15 is 0 Å². The van der Waals surface area contributed by atoms with E-state index in [1.807, 2.05) is 0 Å². The molecule has 0 aromatic carbocycles. The fourth-order valence-electron chi connectivity index (χ4n) is 0.866. The molecule has 2 atom stereocenters. The monoisotopic (exact) mass is 204 g/mol. The number of aliphatic hydroxyl groups is 4. The van der Waals surface area contributed by atoms with Crippen LogP contribution in [0.15, 0.2) is 11.6 Å². The molecule has 0 aliphatic heterocycles. The number of hydrogen-bond acceptors (Lipinski definition) is 4. The molecule has 4 nitrogen and oxygen atoms in total. The molecule has 0 unspecified atom stereocenters. The highest BCUT2D eigenvalue weighted by atomic mass is 16.3. The molecule has 0 amide bonds. The van der Waals surface area contributed by atoms with Gasteiger partial charge in [0.05, 0.1) is 24.4 Å². The lowest BCUT2D eigenvalue weighted by molar-refractivity contribution is -0.0458. The molecule has 0 bridgehead atoms. The molecular formula is C10H20O4. The normalized spacial score (nSPS) is 18.1. The largest absolute Gasteiger partial charge is 0.393 e. The average molecular weight is 204 g/mol. The summed E-state index contributed by atoms with van der Waals surface area (Å²) >= 11 is 0. The molecule has 0 heterocycles. The number of rotatable bonds is 5. The molecule has 0 saturated carbocycles. The molecule has 4 N–H and O–H groups in total. The Balaban J connectivity index is 4.16. The third-order valence-electron chi connectivity index (χ3n) is 2.18. The first-order chi connectivity index (χ1) is 6.29. The van der Waals surface area contributed by atoms with Crippen molar-refractivity contribution in [2.75, 3.05) is 6.61 Å². The Kier molecular flexibility index (Phi) is 5.29. The van der Waals surface area contributed by atoms with Crippen LogP contribution in [0.2, 0.25) is 0 Å². The standard InChI is InChI=1S/C10H20O4/c1-7(8(12)6-11)4-5-9(13)10(2,3)14/h4,8-9,11-14H,5-6H2,1-3H3/b7-4+/t8-,9+/m1/s1. The van der Waals surface area contributed by atoms with Crippen molar-refractivity contribution in [1.29, 1.82) is 0 Å². The summed E-state index contributed by atoms with van der Waals surface area (Å²) in [5.41, 5.74) is -0.559. The van der Waals surface area contributed by atoms with Crippen LogP contribution in [-0.4, -0.2) is 44.8 Å². The summed E-state index contributed by atoms with van der Waals surface area (Å²) in [5, 5.41) is 36.7. The quantitative estimate of drug-likeness (QED) is 0.468. The van der Waals surface area contributed by atoms with Gasteiger partial charge in [0.25, 0.3) is 0 Å². The molecule has 84 valence electrons. The number of aliphatic hydroxyl groups excluding tert-OH is 3. The maximum atomic E-state index is 9.45. The first-order valence-corrected chi connectivity index (χ1v) is 4.65. The van der Waals surface area contributed by atoms with Gasteiger partial charge in [-0.3, -0.25) is 0 Å². The van der Waals surface area contributed by atoms with Crippen LogP contribution < -0.4 is 0 Å². The van der Waals surface area contributed by atoms with Gasteiger partial charge in [-0.1, -0.05) is 6.08 Å². The fourth-order valence-corrected chi connectivity index (χ4v) is 0.866. The first kappa shape index (κ1) is 13.6. The molecule has 0 spiro atoms. The van der Waals surface area contributed by atoms with E-state index in [1.165, 1.54) is 13.8 Å². The minimum Gasteiger partial charge on any atom is -0.393 e. The van der Waals surface area contributed by atoms with Gasteiger partial charge >= 0.3 is 0 Å². The van der Waals surface area contributed by atoms with Crippen LogP contribution >= 0.6 is 0 Å². The lowest BCUT2D eigenvalue weighted by Gasteiger charge is -2.23. The van der Waals surface area contributed by atoms with Gasteiger partial charge in [0.2, 0.25) is 0 Å². The second-order valence-corrected chi connectivity index (χ2v) is 4.05. The number of hydrogen-bond donors (Lipinski definition) is 4. The summed E-state index contributed by atoms with van der Waals surface area (Å²) in [5.74, 6) is 0. The van der Waals surface area contributed by atoms with Crippen LogP contribution in [-0.2, 0) is 0 Å². The fraction of sp³-hybridized carbons (Fsp3) is 0.800. The van der Waals surface area contributed by atoms with E-state index < -0.39 is 17.8 Å². The van der Waals surface area contributed by atoms with Crippen molar-refractivity contribution >= 4 is 0 Å². The van der Waals surface area contributed by atoms with Gasteiger partial charge in [-0.25, -0.2) is 0 Å². The van der Waals surface area contributed by atoms with Crippen LogP contribution in [0.4, 0.5) is 0 Å². The van der Waals surface area contributed by atoms with Crippen molar-refractivity contribution < 1.29 is 20.4 Å². The van der Waals surface area contributed by atoms with Gasteiger partial charge in [-0.15, -0.1) is 0 Å². The zero-order valence-electron chi connectivity index (χ0n) is 8.94. The lowest BCUT2D eigenvalue weighted by atomic mass is 9.97. The van der Waals surface area contributed by atoms with Crippen molar-refractivity contribution in [2.45, 2.75) is 45.0 Å². The van der Waals surface area contributed by atoms with E-state index in [9.17, 15) is 15.3 Å². The minimum atomic E-state index is -1.15. The summed E-state index contributed by atoms with van der Waals surface area (Å²) in [7, 11) is 0. The molecule has 0 rings (SSSR count). The topological polar surface area (TPSA) is 80.9 Å². The maximum Gasteiger partial charge on any atom is 0.0978 e. The van der Waals surface area contributed by atoms with Crippen LogP contribution in [0.3, 0.4) is 0 Å². The SMILES string of the molecule is C/C(=C\C[C@H](O)C(C)(C)O)[C@H](O)CO. The third-order valence-corrected chi connectivity index (χ3v) is 2.18. The van der Waals surface area contributed by atoms with Crippen molar-refractivity contribution in [2.24, 2.45) is 0 Å². The summed E-state index contributed by atoms with van der Waals surface area (Å²) in [4.78, 5) is 0. The van der Waals surface area contributed by atoms with Crippen molar-refractivity contribution in [3.05, 3.63) is 11.6 Å². The maximum absolute atomic E-state index is 9.45. The minimum absolute atomic E-state index is 0.256. The van der Waals surface area contributed by atoms with Gasteiger partial charge in [0.15, 0.2) is 0 Å². The molecule has 0 saturated heterocycles. The van der Waals surface area contributed by atoms with Crippen LogP contribution in [0, 0.1) is 0 Å². The van der Waals surface area contributed by atoms with Crippen LogP contribution in [0.25, 0.3) is 0 Å². The van der Waals surface area contributed by atoms with Crippen molar-refractivity contribution in [3.8, 4) is 0 Å². The Bertz CT molecular complexity index is 193. The summed E-state index contributed by atoms with van der Waals surface area (Å²) in [6, 6.07) is 0. The van der Waals surface area contributed by atoms with Gasteiger partial charge in [0.1, 0.15) is 0 Å². The van der Waals surface area contributed by atoms with E-state index in [-0.39, 0.29) is 13.0 Å². The van der Waals surface area contributed by atoms with E-state index in [0.717, 1.165) is 0 Å². The molecule has 4 heteroatoms. The van der Waals surface area contributed by atoms with E-state index in [2.05, 4.69) is 0 Å². The Labute approximate surface area is 84.5 Å². The molecule has 0 aliphatic carbocycles. The van der Waals surface area contributed by atoms with Crippen molar-refractivity contribution in [3.63, 3.8) is 0 Å². The Morgan fingerprint density at radius 3 is 2.21 bits per heavy atom. The summed E-state index contributed by atoms with van der Waals surface area (Å²) < 4.78 is 0. The summed E-state index contributed by atoms with van der Waals surface area (Å²) in [6.07, 6.45) is 0.114. The van der Waals surface area contributed by atoms with E-state index in [1.54, 1.807) is 13.0 Å². The molecule has 0 radical (unpaired) electrons. The van der Waals surface area contributed by atoms with Crippen LogP contribution in [0.5, 0.6) is 0 Å². The second kappa shape index (κ2) is 5.46. The third kappa shape index (κ3) is 4.72. The van der Waals surface area contributed by atoms with E-state index in [4.69, 9.17) is 5.11 Å². The highest BCUT2D eigenvalue weighted by Crippen LogP contribution is 2.14. The predicted molar refractivity (Wildman–Crippen MR) is 53.8 cm³/mol. The molecule has 0 aromatic heterocycles. The van der Waals surface area contributed by atoms with Crippen LogP contribution in [0.1, 0.15) is 27.2 Å². The van der Waals surface area contributed by atoms with E-state index in [0.29, 0.717) is 5.57 Å². The van der Waals surface area contributed by atoms with Gasteiger partial charge in [-0.2, -0.15) is 0 Å². The molecule has 14 heavy (non-hydrogen) atoms. The highest BCUT2D eigenvalue weighted by Gasteiger charge is 2.23. The predicted octanol–water partition coefficient (Wildman–Crippen LogP) is -0.192. The second-order valence-electron chi connectivity index (χ2n) is 4.05. The molecular weight excluding hydrogens is 184 g/mol. The highest BCUT2D eigenvalue weighted by molar-refractivity contribution is 5.05. The van der Waals surface area contributed by atoms with Gasteiger partial charge in [-0.05, 0) is 32.8 Å². The van der Waals surface area contributed by atoms with Gasteiger partial charge in [0, 0.05) is 0 Å². The Morgan fingerprint density at radius 1 is 1.36 bits per heavy atom. The van der Waals surface area contributed by atoms with Gasteiger partial charge < -0.3 is 20.4 Å². The molecule has 0 aromatic rings.